The Balaban J connectivity index is 2.18. The Morgan fingerprint density at radius 3 is 2.63 bits per heavy atom. The van der Waals surface area contributed by atoms with Crippen molar-refractivity contribution in [2.75, 3.05) is 0 Å². The van der Waals surface area contributed by atoms with Gasteiger partial charge in [-0.05, 0) is 36.4 Å². The van der Waals surface area contributed by atoms with Crippen LogP contribution in [-0.2, 0) is 14.1 Å². The maximum atomic E-state index is 12.2. The number of amides is 1. The highest BCUT2D eigenvalue weighted by molar-refractivity contribution is 14.1. The Hall–Kier alpha value is -1.38. The summed E-state index contributed by atoms with van der Waals surface area (Å²) in [6, 6.07) is -0.0908. The second-order valence-electron chi connectivity index (χ2n) is 4.50. The zero-order valence-corrected chi connectivity index (χ0v) is 13.5. The van der Waals surface area contributed by atoms with Crippen LogP contribution in [0.5, 0.6) is 0 Å². The first kappa shape index (κ1) is 14.0. The maximum absolute atomic E-state index is 12.2. The summed E-state index contributed by atoms with van der Waals surface area (Å²) in [4.78, 5) is 12.2. The molecule has 6 nitrogen and oxygen atoms in total. The molecule has 2 heterocycles. The van der Waals surface area contributed by atoms with E-state index < -0.39 is 0 Å². The molecule has 7 heteroatoms. The van der Waals surface area contributed by atoms with E-state index >= 15 is 0 Å². The molecule has 0 aliphatic carbocycles. The molecule has 1 amide bonds. The highest BCUT2D eigenvalue weighted by Gasteiger charge is 2.19. The molecular weight excluding hydrogens is 357 g/mol. The van der Waals surface area contributed by atoms with Crippen LogP contribution in [0.3, 0.4) is 0 Å². The zero-order chi connectivity index (χ0) is 14.2. The molecule has 0 saturated heterocycles. The lowest BCUT2D eigenvalue weighted by atomic mass is 10.1. The predicted octanol–water partition coefficient (Wildman–Crippen LogP) is 1.56. The van der Waals surface area contributed by atoms with E-state index in [0.717, 1.165) is 14.8 Å². The van der Waals surface area contributed by atoms with Crippen LogP contribution in [0.15, 0.2) is 12.4 Å². The van der Waals surface area contributed by atoms with Crippen LogP contribution in [0.1, 0.15) is 34.7 Å². The van der Waals surface area contributed by atoms with Crippen LogP contribution in [0.2, 0.25) is 0 Å². The van der Waals surface area contributed by atoms with Crippen molar-refractivity contribution in [1.82, 2.24) is 24.9 Å². The summed E-state index contributed by atoms with van der Waals surface area (Å²) < 4.78 is 4.17. The van der Waals surface area contributed by atoms with Gasteiger partial charge in [0.1, 0.15) is 5.69 Å². The molecule has 0 spiro atoms. The Bertz CT molecular complexity index is 596. The van der Waals surface area contributed by atoms with Crippen molar-refractivity contribution in [2.24, 2.45) is 14.1 Å². The number of hydrogen-bond acceptors (Lipinski definition) is 3. The Kier molecular flexibility index (Phi) is 3.93. The summed E-state index contributed by atoms with van der Waals surface area (Å²) in [6.07, 6.45) is 3.60. The number of hydrogen-bond donors (Lipinski definition) is 1. The molecule has 102 valence electrons. The second-order valence-corrected chi connectivity index (χ2v) is 5.67. The number of aromatic nitrogens is 4. The maximum Gasteiger partial charge on any atom is 0.271 e. The van der Waals surface area contributed by atoms with Gasteiger partial charge in [-0.2, -0.15) is 10.2 Å². The number of nitrogens with one attached hydrogen (secondary N) is 1. The molecule has 2 aromatic rings. The molecule has 0 aliphatic heterocycles. The van der Waals surface area contributed by atoms with Crippen LogP contribution >= 0.6 is 22.6 Å². The molecule has 0 radical (unpaired) electrons. The lowest BCUT2D eigenvalue weighted by Gasteiger charge is -2.13. The van der Waals surface area contributed by atoms with Gasteiger partial charge in [0.2, 0.25) is 0 Å². The Labute approximate surface area is 125 Å². The van der Waals surface area contributed by atoms with Gasteiger partial charge in [0.25, 0.3) is 5.91 Å². The normalized spacial score (nSPS) is 12.5. The van der Waals surface area contributed by atoms with Crippen LogP contribution < -0.4 is 5.32 Å². The molecule has 2 aromatic heterocycles. The van der Waals surface area contributed by atoms with Crippen molar-refractivity contribution in [2.45, 2.75) is 19.9 Å². The smallest absolute Gasteiger partial charge is 0.271 e. The number of carbonyl (C=O) groups is 1. The molecule has 2 rings (SSSR count). The lowest BCUT2D eigenvalue weighted by Crippen LogP contribution is -2.29. The third-order valence-corrected chi connectivity index (χ3v) is 3.76. The molecule has 19 heavy (non-hydrogen) atoms. The van der Waals surface area contributed by atoms with Gasteiger partial charge in [-0.3, -0.25) is 14.2 Å². The van der Waals surface area contributed by atoms with Gasteiger partial charge in [0.05, 0.1) is 21.5 Å². The number of nitrogens with zero attached hydrogens (tertiary/aromatic N) is 4. The molecule has 0 bridgehead atoms. The Morgan fingerprint density at radius 1 is 1.47 bits per heavy atom. The summed E-state index contributed by atoms with van der Waals surface area (Å²) in [5.74, 6) is -0.125. The molecule has 0 fully saturated rings. The molecule has 0 unspecified atom stereocenters. The highest BCUT2D eigenvalue weighted by Crippen LogP contribution is 2.17. The topological polar surface area (TPSA) is 64.7 Å². The third-order valence-electron chi connectivity index (χ3n) is 2.97. The van der Waals surface area contributed by atoms with Gasteiger partial charge in [-0.1, -0.05) is 0 Å². The summed E-state index contributed by atoms with van der Waals surface area (Å²) in [6.45, 7) is 3.89. The number of halogens is 1. The molecule has 0 saturated carbocycles. The van der Waals surface area contributed by atoms with Gasteiger partial charge in [-0.25, -0.2) is 0 Å². The number of aryl methyl sites for hydroxylation is 3. The average molecular weight is 373 g/mol. The van der Waals surface area contributed by atoms with Crippen molar-refractivity contribution in [3.63, 3.8) is 0 Å². The minimum Gasteiger partial charge on any atom is -0.344 e. The summed E-state index contributed by atoms with van der Waals surface area (Å²) in [5.41, 5.74) is 2.53. The third kappa shape index (κ3) is 2.80. The van der Waals surface area contributed by atoms with Crippen molar-refractivity contribution < 1.29 is 4.79 Å². The van der Waals surface area contributed by atoms with Crippen molar-refractivity contribution in [3.8, 4) is 0 Å². The Morgan fingerprint density at radius 2 is 2.16 bits per heavy atom. The number of rotatable bonds is 3. The fourth-order valence-electron chi connectivity index (χ4n) is 2.05. The van der Waals surface area contributed by atoms with E-state index in [1.807, 2.05) is 27.1 Å². The first-order chi connectivity index (χ1) is 8.90. The molecule has 1 atom stereocenters. The minimum absolute atomic E-state index is 0.0908. The number of carbonyl (C=O) groups excluding carboxylic acids is 1. The van der Waals surface area contributed by atoms with Crippen LogP contribution in [0.4, 0.5) is 0 Å². The van der Waals surface area contributed by atoms with Gasteiger partial charge in [0.15, 0.2) is 0 Å². The van der Waals surface area contributed by atoms with E-state index in [4.69, 9.17) is 0 Å². The highest BCUT2D eigenvalue weighted by atomic mass is 127. The molecular formula is C12H16IN5O. The first-order valence-corrected chi connectivity index (χ1v) is 6.96. The van der Waals surface area contributed by atoms with E-state index in [0.29, 0.717) is 5.69 Å². The average Bonchev–Trinajstić information content (AvgIpc) is 2.81. The van der Waals surface area contributed by atoms with Crippen molar-refractivity contribution >= 4 is 28.5 Å². The molecule has 1 N–H and O–H groups in total. The van der Waals surface area contributed by atoms with E-state index in [-0.39, 0.29) is 11.9 Å². The largest absolute Gasteiger partial charge is 0.344 e. The quantitative estimate of drug-likeness (QED) is 0.831. The van der Waals surface area contributed by atoms with Crippen LogP contribution in [0.25, 0.3) is 0 Å². The summed E-state index contributed by atoms with van der Waals surface area (Å²) in [7, 11) is 3.63. The van der Waals surface area contributed by atoms with Crippen LogP contribution in [0, 0.1) is 10.5 Å². The summed E-state index contributed by atoms with van der Waals surface area (Å²) >= 11 is 2.11. The standard InChI is InChI=1S/C12H16IN5O/c1-7(9-6-17(3)16-8(9)2)15-12(19)11-10(13)5-14-18(11)4/h5-7H,1-4H3,(H,15,19)/t7-/m0/s1. The van der Waals surface area contributed by atoms with E-state index in [2.05, 4.69) is 38.1 Å². The van der Waals surface area contributed by atoms with Crippen molar-refractivity contribution in [1.29, 1.82) is 0 Å². The first-order valence-electron chi connectivity index (χ1n) is 5.88. The zero-order valence-electron chi connectivity index (χ0n) is 11.3. The van der Waals surface area contributed by atoms with E-state index in [9.17, 15) is 4.79 Å². The van der Waals surface area contributed by atoms with Crippen molar-refractivity contribution in [3.05, 3.63) is 32.9 Å². The monoisotopic (exact) mass is 373 g/mol. The van der Waals surface area contributed by atoms with E-state index in [1.54, 1.807) is 22.6 Å². The molecule has 0 aromatic carbocycles. The van der Waals surface area contributed by atoms with Gasteiger partial charge >= 0.3 is 0 Å². The van der Waals surface area contributed by atoms with E-state index in [1.165, 1.54) is 0 Å². The van der Waals surface area contributed by atoms with Crippen LogP contribution in [-0.4, -0.2) is 25.5 Å². The minimum atomic E-state index is -0.125. The summed E-state index contributed by atoms with van der Waals surface area (Å²) in [5, 5.41) is 11.3. The lowest BCUT2D eigenvalue weighted by molar-refractivity contribution is 0.0929. The SMILES string of the molecule is Cc1nn(C)cc1[C@H](C)NC(=O)c1c(I)cnn1C. The van der Waals surface area contributed by atoms with Gasteiger partial charge < -0.3 is 5.32 Å². The fraction of sp³-hybridized carbons (Fsp3) is 0.417. The molecule has 0 aliphatic rings. The second kappa shape index (κ2) is 5.32. The van der Waals surface area contributed by atoms with Gasteiger partial charge in [0, 0.05) is 25.9 Å². The van der Waals surface area contributed by atoms with Gasteiger partial charge in [-0.15, -0.1) is 0 Å². The fourth-order valence-corrected chi connectivity index (χ4v) is 2.77. The predicted molar refractivity (Wildman–Crippen MR) is 79.8 cm³/mol.